The van der Waals surface area contributed by atoms with Crippen LogP contribution < -0.4 is 9.64 Å². The van der Waals surface area contributed by atoms with Crippen molar-refractivity contribution in [2.24, 2.45) is 0 Å². The summed E-state index contributed by atoms with van der Waals surface area (Å²) < 4.78 is 10.1. The van der Waals surface area contributed by atoms with Gasteiger partial charge in [-0.15, -0.1) is 0 Å². The number of esters is 1. The van der Waals surface area contributed by atoms with E-state index in [2.05, 4.69) is 0 Å². The fourth-order valence-corrected chi connectivity index (χ4v) is 3.11. The Kier molecular flexibility index (Phi) is 5.89. The summed E-state index contributed by atoms with van der Waals surface area (Å²) in [5.41, 5.74) is 1.82. The summed E-state index contributed by atoms with van der Waals surface area (Å²) in [7, 11) is 1.54. The molecule has 0 fully saturated rings. The lowest BCUT2D eigenvalue weighted by Crippen LogP contribution is -2.32. The highest BCUT2D eigenvalue weighted by molar-refractivity contribution is 6.33. The van der Waals surface area contributed by atoms with Crippen LogP contribution >= 0.6 is 0 Å². The maximum absolute atomic E-state index is 13.1. The van der Waals surface area contributed by atoms with Gasteiger partial charge in [-0.1, -0.05) is 30.3 Å². The van der Waals surface area contributed by atoms with Gasteiger partial charge < -0.3 is 9.47 Å². The van der Waals surface area contributed by atoms with Gasteiger partial charge in [0.2, 0.25) is 0 Å². The number of imide groups is 1. The molecule has 28 heavy (non-hydrogen) atoms. The lowest BCUT2D eigenvalue weighted by molar-refractivity contribution is -0.142. The molecule has 144 valence electrons. The lowest BCUT2D eigenvalue weighted by Gasteiger charge is -2.15. The molecule has 1 aliphatic rings. The second-order valence-electron chi connectivity index (χ2n) is 6.25. The smallest absolute Gasteiger partial charge is 0.310 e. The van der Waals surface area contributed by atoms with E-state index in [4.69, 9.17) is 9.47 Å². The van der Waals surface area contributed by atoms with E-state index < -0.39 is 17.8 Å². The number of carbonyl (C=O) groups excluding carboxylic acids is 3. The maximum atomic E-state index is 13.1. The summed E-state index contributed by atoms with van der Waals surface area (Å²) in [6.07, 6.45) is 0.0417. The monoisotopic (exact) mass is 379 g/mol. The average Bonchev–Trinajstić information content (AvgIpc) is 2.93. The van der Waals surface area contributed by atoms with Gasteiger partial charge in [-0.3, -0.25) is 14.4 Å². The standard InChI is InChI=1S/C22H21NO5/c1-3-28-20(24)14-19-18(13-15-7-5-4-6-8-15)21(25)23(22(19)26)16-9-11-17(27-2)12-10-16/h4-12H,3,13-14H2,1-2H3. The van der Waals surface area contributed by atoms with E-state index >= 15 is 0 Å². The van der Waals surface area contributed by atoms with Crippen LogP contribution in [0, 0.1) is 0 Å². The van der Waals surface area contributed by atoms with Crippen molar-refractivity contribution in [2.75, 3.05) is 18.6 Å². The number of anilines is 1. The van der Waals surface area contributed by atoms with Crippen molar-refractivity contribution < 1.29 is 23.9 Å². The Labute approximate surface area is 163 Å². The van der Waals surface area contributed by atoms with Gasteiger partial charge in [0.25, 0.3) is 11.8 Å². The van der Waals surface area contributed by atoms with Crippen LogP contribution in [0.1, 0.15) is 18.9 Å². The molecular weight excluding hydrogens is 358 g/mol. The quantitative estimate of drug-likeness (QED) is 0.546. The third-order valence-corrected chi connectivity index (χ3v) is 4.47. The van der Waals surface area contributed by atoms with Crippen molar-refractivity contribution >= 4 is 23.5 Å². The molecule has 0 bridgehead atoms. The molecule has 6 nitrogen and oxygen atoms in total. The van der Waals surface area contributed by atoms with Gasteiger partial charge in [0.1, 0.15) is 5.75 Å². The second-order valence-corrected chi connectivity index (χ2v) is 6.25. The number of hydrogen-bond acceptors (Lipinski definition) is 5. The molecule has 0 spiro atoms. The third kappa shape index (κ3) is 3.96. The van der Waals surface area contributed by atoms with Crippen molar-refractivity contribution in [2.45, 2.75) is 19.8 Å². The Balaban J connectivity index is 1.96. The molecule has 1 aliphatic heterocycles. The van der Waals surface area contributed by atoms with Crippen molar-refractivity contribution in [3.63, 3.8) is 0 Å². The van der Waals surface area contributed by atoms with Crippen molar-refractivity contribution in [3.8, 4) is 5.75 Å². The predicted octanol–water partition coefficient (Wildman–Crippen LogP) is 3.06. The first-order valence-corrected chi connectivity index (χ1v) is 8.99. The van der Waals surface area contributed by atoms with Gasteiger partial charge in [0.15, 0.2) is 0 Å². The predicted molar refractivity (Wildman–Crippen MR) is 104 cm³/mol. The molecule has 2 aromatic carbocycles. The van der Waals surface area contributed by atoms with Crippen LogP contribution in [0.25, 0.3) is 0 Å². The number of hydrogen-bond donors (Lipinski definition) is 0. The molecule has 3 rings (SSSR count). The molecule has 0 saturated carbocycles. The zero-order valence-electron chi connectivity index (χ0n) is 15.8. The van der Waals surface area contributed by atoms with Crippen molar-refractivity contribution in [1.29, 1.82) is 0 Å². The highest BCUT2D eigenvalue weighted by Gasteiger charge is 2.39. The first kappa shape index (κ1) is 19.4. The lowest BCUT2D eigenvalue weighted by atomic mass is 10.00. The summed E-state index contributed by atoms with van der Waals surface area (Å²) in [5.74, 6) is -0.819. The van der Waals surface area contributed by atoms with Gasteiger partial charge in [-0.2, -0.15) is 0 Å². The zero-order valence-corrected chi connectivity index (χ0v) is 15.8. The number of rotatable bonds is 7. The zero-order chi connectivity index (χ0) is 20.1. The number of benzene rings is 2. The second kappa shape index (κ2) is 8.52. The minimum Gasteiger partial charge on any atom is -0.497 e. The Morgan fingerprint density at radius 3 is 2.18 bits per heavy atom. The summed E-state index contributed by atoms with van der Waals surface area (Å²) in [6, 6.07) is 16.0. The van der Waals surface area contributed by atoms with Crippen LogP contribution in [0.2, 0.25) is 0 Å². The molecule has 0 aromatic heterocycles. The molecule has 0 aliphatic carbocycles. The Morgan fingerprint density at radius 2 is 1.57 bits per heavy atom. The third-order valence-electron chi connectivity index (χ3n) is 4.47. The first-order valence-electron chi connectivity index (χ1n) is 8.99. The van der Waals surface area contributed by atoms with E-state index in [1.807, 2.05) is 30.3 Å². The molecule has 0 saturated heterocycles. The number of nitrogens with zero attached hydrogens (tertiary/aromatic N) is 1. The minimum absolute atomic E-state index is 0.183. The molecule has 0 radical (unpaired) electrons. The van der Waals surface area contributed by atoms with Crippen LogP contribution in [0.4, 0.5) is 5.69 Å². The van der Waals surface area contributed by atoms with Crippen LogP contribution in [0.3, 0.4) is 0 Å². The van der Waals surface area contributed by atoms with Gasteiger partial charge in [-0.05, 0) is 36.8 Å². The highest BCUT2D eigenvalue weighted by atomic mass is 16.5. The number of amides is 2. The maximum Gasteiger partial charge on any atom is 0.310 e. The molecule has 0 atom stereocenters. The fourth-order valence-electron chi connectivity index (χ4n) is 3.11. The van der Waals surface area contributed by atoms with Crippen LogP contribution in [0.5, 0.6) is 5.75 Å². The van der Waals surface area contributed by atoms with E-state index in [0.29, 0.717) is 17.0 Å². The van der Waals surface area contributed by atoms with E-state index in [1.165, 1.54) is 7.11 Å². The first-order chi connectivity index (χ1) is 13.5. The molecule has 0 unspecified atom stereocenters. The van der Waals surface area contributed by atoms with E-state index in [-0.39, 0.29) is 25.0 Å². The summed E-state index contributed by atoms with van der Waals surface area (Å²) in [6.45, 7) is 1.91. The normalized spacial score (nSPS) is 13.9. The van der Waals surface area contributed by atoms with E-state index in [0.717, 1.165) is 10.5 Å². The Morgan fingerprint density at radius 1 is 0.929 bits per heavy atom. The van der Waals surface area contributed by atoms with Crippen LogP contribution in [0.15, 0.2) is 65.7 Å². The molecule has 1 heterocycles. The Bertz CT molecular complexity index is 916. The molecular formula is C22H21NO5. The van der Waals surface area contributed by atoms with Crippen molar-refractivity contribution in [3.05, 3.63) is 71.3 Å². The van der Waals surface area contributed by atoms with Gasteiger partial charge in [0, 0.05) is 17.6 Å². The summed E-state index contributed by atoms with van der Waals surface area (Å²) >= 11 is 0. The van der Waals surface area contributed by atoms with Gasteiger partial charge in [0.05, 0.1) is 25.8 Å². The molecule has 2 amide bonds. The largest absolute Gasteiger partial charge is 0.497 e. The van der Waals surface area contributed by atoms with Crippen LogP contribution in [-0.4, -0.2) is 31.5 Å². The number of ether oxygens (including phenoxy) is 2. The van der Waals surface area contributed by atoms with Gasteiger partial charge in [-0.25, -0.2) is 4.90 Å². The minimum atomic E-state index is -0.527. The SMILES string of the molecule is CCOC(=O)CC1=C(Cc2ccccc2)C(=O)N(c2ccc(OC)cc2)C1=O. The number of carbonyl (C=O) groups is 3. The van der Waals surface area contributed by atoms with E-state index in [1.54, 1.807) is 31.2 Å². The molecule has 6 heteroatoms. The van der Waals surface area contributed by atoms with Gasteiger partial charge >= 0.3 is 5.97 Å². The van der Waals surface area contributed by atoms with E-state index in [9.17, 15) is 14.4 Å². The number of methoxy groups -OCH3 is 1. The highest BCUT2D eigenvalue weighted by Crippen LogP contribution is 2.32. The topological polar surface area (TPSA) is 72.9 Å². The summed E-state index contributed by atoms with van der Waals surface area (Å²) in [5, 5.41) is 0. The van der Waals surface area contributed by atoms with Crippen molar-refractivity contribution in [1.82, 2.24) is 0 Å². The van der Waals surface area contributed by atoms with Crippen LogP contribution in [-0.2, 0) is 25.5 Å². The fraction of sp³-hybridized carbons (Fsp3) is 0.227. The molecule has 2 aromatic rings. The average molecular weight is 379 g/mol. The summed E-state index contributed by atoms with van der Waals surface area (Å²) in [4.78, 5) is 39.2. The molecule has 0 N–H and O–H groups in total. The Hall–Kier alpha value is -3.41.